The van der Waals surface area contributed by atoms with Gasteiger partial charge in [-0.25, -0.2) is 8.42 Å². The molecule has 6 heteroatoms. The van der Waals surface area contributed by atoms with Crippen molar-refractivity contribution in [2.24, 2.45) is 11.7 Å². The van der Waals surface area contributed by atoms with Crippen LogP contribution in [-0.2, 0) is 10.0 Å². The van der Waals surface area contributed by atoms with E-state index in [4.69, 9.17) is 5.73 Å². The quantitative estimate of drug-likeness (QED) is 0.754. The van der Waals surface area contributed by atoms with Gasteiger partial charge in [-0.2, -0.15) is 4.31 Å². The molecule has 0 aromatic rings. The van der Waals surface area contributed by atoms with E-state index in [9.17, 15) is 8.42 Å². The third-order valence-corrected chi connectivity index (χ3v) is 5.18. The summed E-state index contributed by atoms with van der Waals surface area (Å²) in [6, 6.07) is 0. The molecule has 1 aliphatic carbocycles. The van der Waals surface area contributed by atoms with Gasteiger partial charge in [0.1, 0.15) is 0 Å². The Balaban J connectivity index is 1.83. The number of hydrogen-bond acceptors (Lipinski definition) is 4. The zero-order valence-electron chi connectivity index (χ0n) is 10.7. The number of rotatable bonds is 4. The Morgan fingerprint density at radius 2 is 1.76 bits per heavy atom. The molecular weight excluding hydrogens is 238 g/mol. The highest BCUT2D eigenvalue weighted by molar-refractivity contribution is 7.88. The van der Waals surface area contributed by atoms with E-state index in [0.29, 0.717) is 19.0 Å². The van der Waals surface area contributed by atoms with Gasteiger partial charge in [-0.05, 0) is 25.7 Å². The van der Waals surface area contributed by atoms with Crippen LogP contribution in [0.15, 0.2) is 0 Å². The van der Waals surface area contributed by atoms with Crippen molar-refractivity contribution in [3.05, 3.63) is 0 Å². The fraction of sp³-hybridized carbons (Fsp3) is 1.00. The molecule has 0 amide bonds. The SMILES string of the molecule is CC(N)(CN1CCN(S(C)(=O)=O)CC1)C1CC1. The molecule has 0 spiro atoms. The van der Waals surface area contributed by atoms with Gasteiger partial charge in [-0.3, -0.25) is 4.90 Å². The van der Waals surface area contributed by atoms with E-state index in [2.05, 4.69) is 11.8 Å². The first-order chi connectivity index (χ1) is 7.79. The van der Waals surface area contributed by atoms with Crippen LogP contribution in [-0.4, -0.2) is 62.1 Å². The second-order valence-electron chi connectivity index (χ2n) is 5.72. The molecule has 1 saturated heterocycles. The first-order valence-electron chi connectivity index (χ1n) is 6.25. The Hall–Kier alpha value is -0.170. The van der Waals surface area contributed by atoms with E-state index in [-0.39, 0.29) is 5.54 Å². The van der Waals surface area contributed by atoms with Crippen LogP contribution in [0.3, 0.4) is 0 Å². The van der Waals surface area contributed by atoms with Crippen molar-refractivity contribution in [1.82, 2.24) is 9.21 Å². The number of nitrogens with two attached hydrogens (primary N) is 1. The molecule has 1 atom stereocenters. The summed E-state index contributed by atoms with van der Waals surface area (Å²) in [5, 5.41) is 0. The van der Waals surface area contributed by atoms with Gasteiger partial charge in [0.15, 0.2) is 0 Å². The van der Waals surface area contributed by atoms with Crippen molar-refractivity contribution < 1.29 is 8.42 Å². The Labute approximate surface area is 104 Å². The van der Waals surface area contributed by atoms with Crippen LogP contribution >= 0.6 is 0 Å². The summed E-state index contributed by atoms with van der Waals surface area (Å²) in [6.45, 7) is 5.79. The van der Waals surface area contributed by atoms with Crippen LogP contribution in [0, 0.1) is 5.92 Å². The standard InChI is InChI=1S/C11H23N3O2S/c1-11(12,10-3-4-10)9-13-5-7-14(8-6-13)17(2,15)16/h10H,3-9,12H2,1-2H3. The highest BCUT2D eigenvalue weighted by Crippen LogP contribution is 2.38. The molecule has 1 aliphatic heterocycles. The summed E-state index contributed by atoms with van der Waals surface area (Å²) < 4.78 is 24.3. The minimum absolute atomic E-state index is 0.104. The van der Waals surface area contributed by atoms with E-state index in [1.54, 1.807) is 4.31 Å². The summed E-state index contributed by atoms with van der Waals surface area (Å²) in [6.07, 6.45) is 3.77. The minimum atomic E-state index is -3.02. The van der Waals surface area contributed by atoms with Gasteiger partial charge < -0.3 is 5.73 Å². The molecule has 2 aliphatic rings. The number of nitrogens with zero attached hydrogens (tertiary/aromatic N) is 2. The maximum Gasteiger partial charge on any atom is 0.211 e. The van der Waals surface area contributed by atoms with Gasteiger partial charge in [0.05, 0.1) is 6.26 Å². The maximum atomic E-state index is 11.4. The highest BCUT2D eigenvalue weighted by atomic mass is 32.2. The predicted octanol–water partition coefficient (Wildman–Crippen LogP) is -0.309. The van der Waals surface area contributed by atoms with Crippen molar-refractivity contribution >= 4 is 10.0 Å². The molecule has 2 rings (SSSR count). The number of piperazine rings is 1. The molecule has 0 aromatic carbocycles. The first kappa shape index (κ1) is 13.3. The Kier molecular flexibility index (Phi) is 3.51. The summed E-state index contributed by atoms with van der Waals surface area (Å²) in [7, 11) is -3.02. The third-order valence-electron chi connectivity index (χ3n) is 3.87. The molecular formula is C11H23N3O2S. The molecule has 5 nitrogen and oxygen atoms in total. The average Bonchev–Trinajstić information content (AvgIpc) is 2.99. The van der Waals surface area contributed by atoms with E-state index in [1.807, 2.05) is 0 Å². The van der Waals surface area contributed by atoms with Gasteiger partial charge in [0.25, 0.3) is 0 Å². The summed E-state index contributed by atoms with van der Waals surface area (Å²) in [5.74, 6) is 0.662. The third kappa shape index (κ3) is 3.40. The lowest BCUT2D eigenvalue weighted by Gasteiger charge is -2.38. The second kappa shape index (κ2) is 4.50. The van der Waals surface area contributed by atoms with Crippen LogP contribution < -0.4 is 5.73 Å². The fourth-order valence-corrected chi connectivity index (χ4v) is 3.40. The van der Waals surface area contributed by atoms with E-state index in [0.717, 1.165) is 19.6 Å². The fourth-order valence-electron chi connectivity index (χ4n) is 2.57. The Bertz CT molecular complexity index is 368. The number of hydrogen-bond donors (Lipinski definition) is 1. The van der Waals surface area contributed by atoms with E-state index >= 15 is 0 Å². The maximum absolute atomic E-state index is 11.4. The first-order valence-corrected chi connectivity index (χ1v) is 8.10. The van der Waals surface area contributed by atoms with Gasteiger partial charge in [0.2, 0.25) is 10.0 Å². The van der Waals surface area contributed by atoms with Crippen molar-refractivity contribution in [3.8, 4) is 0 Å². The minimum Gasteiger partial charge on any atom is -0.324 e. The predicted molar refractivity (Wildman–Crippen MR) is 68.2 cm³/mol. The summed E-state index contributed by atoms with van der Waals surface area (Å²) >= 11 is 0. The lowest BCUT2D eigenvalue weighted by molar-refractivity contribution is 0.149. The van der Waals surface area contributed by atoms with Crippen molar-refractivity contribution in [1.29, 1.82) is 0 Å². The lowest BCUT2D eigenvalue weighted by atomic mass is 9.96. The van der Waals surface area contributed by atoms with Crippen molar-refractivity contribution in [3.63, 3.8) is 0 Å². The van der Waals surface area contributed by atoms with Crippen molar-refractivity contribution in [2.75, 3.05) is 39.0 Å². The van der Waals surface area contributed by atoms with E-state index < -0.39 is 10.0 Å². The lowest BCUT2D eigenvalue weighted by Crippen LogP contribution is -2.55. The Morgan fingerprint density at radius 1 is 1.24 bits per heavy atom. The van der Waals surface area contributed by atoms with Crippen LogP contribution in [0.4, 0.5) is 0 Å². The normalized spacial score (nSPS) is 27.9. The Morgan fingerprint density at radius 3 is 2.18 bits per heavy atom. The highest BCUT2D eigenvalue weighted by Gasteiger charge is 2.40. The molecule has 1 heterocycles. The van der Waals surface area contributed by atoms with Gasteiger partial charge in [-0.15, -0.1) is 0 Å². The molecule has 2 N–H and O–H groups in total. The molecule has 1 unspecified atom stereocenters. The molecule has 100 valence electrons. The van der Waals surface area contributed by atoms with Gasteiger partial charge in [-0.1, -0.05) is 0 Å². The van der Waals surface area contributed by atoms with E-state index in [1.165, 1.54) is 19.1 Å². The smallest absolute Gasteiger partial charge is 0.211 e. The summed E-state index contributed by atoms with van der Waals surface area (Å²) in [4.78, 5) is 2.29. The molecule has 0 aromatic heterocycles. The molecule has 2 fully saturated rings. The summed E-state index contributed by atoms with van der Waals surface area (Å²) in [5.41, 5.74) is 6.20. The van der Waals surface area contributed by atoms with Crippen LogP contribution in [0.5, 0.6) is 0 Å². The molecule has 17 heavy (non-hydrogen) atoms. The van der Waals surface area contributed by atoms with Gasteiger partial charge >= 0.3 is 0 Å². The van der Waals surface area contributed by atoms with Crippen LogP contribution in [0.1, 0.15) is 19.8 Å². The van der Waals surface area contributed by atoms with Gasteiger partial charge in [0, 0.05) is 38.3 Å². The second-order valence-corrected chi connectivity index (χ2v) is 7.70. The molecule has 1 saturated carbocycles. The average molecular weight is 261 g/mol. The van der Waals surface area contributed by atoms with Crippen LogP contribution in [0.25, 0.3) is 0 Å². The topological polar surface area (TPSA) is 66.6 Å². The zero-order chi connectivity index (χ0) is 12.7. The van der Waals surface area contributed by atoms with Crippen molar-refractivity contribution in [2.45, 2.75) is 25.3 Å². The zero-order valence-corrected chi connectivity index (χ0v) is 11.5. The monoisotopic (exact) mass is 261 g/mol. The largest absolute Gasteiger partial charge is 0.324 e. The molecule has 0 radical (unpaired) electrons. The number of sulfonamides is 1. The molecule has 0 bridgehead atoms. The van der Waals surface area contributed by atoms with Crippen LogP contribution in [0.2, 0.25) is 0 Å².